The van der Waals surface area contributed by atoms with Gasteiger partial charge in [0.15, 0.2) is 0 Å². The fraction of sp³-hybridized carbons (Fsp3) is 0.571. The molecule has 0 aliphatic rings. The van der Waals surface area contributed by atoms with Gasteiger partial charge in [-0.1, -0.05) is 13.0 Å². The van der Waals surface area contributed by atoms with Crippen molar-refractivity contribution in [1.29, 1.82) is 0 Å². The van der Waals surface area contributed by atoms with E-state index in [4.69, 9.17) is 4.74 Å². The van der Waals surface area contributed by atoms with Crippen LogP contribution in [0.15, 0.2) is 12.1 Å². The van der Waals surface area contributed by atoms with Crippen molar-refractivity contribution in [2.75, 3.05) is 13.6 Å². The van der Waals surface area contributed by atoms with Gasteiger partial charge in [-0.25, -0.2) is 0 Å². The van der Waals surface area contributed by atoms with E-state index in [9.17, 15) is 0 Å². The maximum Gasteiger partial charge on any atom is 0.123 e. The summed E-state index contributed by atoms with van der Waals surface area (Å²) < 4.78 is 6.03. The van der Waals surface area contributed by atoms with Crippen molar-refractivity contribution in [3.63, 3.8) is 0 Å². The van der Waals surface area contributed by atoms with Crippen molar-refractivity contribution < 1.29 is 4.74 Å². The molecule has 0 fully saturated rings. The van der Waals surface area contributed by atoms with Crippen LogP contribution in [0.4, 0.5) is 0 Å². The number of nitrogens with one attached hydrogen (secondary N) is 1. The Morgan fingerprint density at radius 2 is 1.94 bits per heavy atom. The van der Waals surface area contributed by atoms with Crippen LogP contribution in [0.5, 0.6) is 5.75 Å². The molecule has 1 aromatic carbocycles. The molecule has 16 heavy (non-hydrogen) atoms. The summed E-state index contributed by atoms with van der Waals surface area (Å²) in [5, 5.41) is 3.16. The lowest BCUT2D eigenvalue weighted by Gasteiger charge is -2.20. The predicted molar refractivity (Wildman–Crippen MR) is 69.3 cm³/mol. The van der Waals surface area contributed by atoms with E-state index in [-0.39, 0.29) is 6.10 Å². The normalized spacial score (nSPS) is 12.6. The lowest BCUT2D eigenvalue weighted by Crippen LogP contribution is -2.28. The number of hydrogen-bond donors (Lipinski definition) is 1. The summed E-state index contributed by atoms with van der Waals surface area (Å²) in [7, 11) is 1.96. The third-order valence-corrected chi connectivity index (χ3v) is 2.94. The molecule has 0 heterocycles. The zero-order chi connectivity index (χ0) is 12.1. The molecule has 0 aliphatic carbocycles. The van der Waals surface area contributed by atoms with Crippen LogP contribution in [0.1, 0.15) is 30.0 Å². The summed E-state index contributed by atoms with van der Waals surface area (Å²) in [6.07, 6.45) is 1.28. The molecule has 0 spiro atoms. The van der Waals surface area contributed by atoms with Gasteiger partial charge in [-0.05, 0) is 57.0 Å². The quantitative estimate of drug-likeness (QED) is 0.825. The van der Waals surface area contributed by atoms with Crippen LogP contribution in [-0.2, 0) is 0 Å². The molecule has 0 saturated carbocycles. The maximum atomic E-state index is 6.03. The average Bonchev–Trinajstić information content (AvgIpc) is 2.24. The van der Waals surface area contributed by atoms with Gasteiger partial charge in [0.25, 0.3) is 0 Å². The van der Waals surface area contributed by atoms with E-state index in [1.54, 1.807) is 0 Å². The highest BCUT2D eigenvalue weighted by atomic mass is 16.5. The van der Waals surface area contributed by atoms with Crippen LogP contribution >= 0.6 is 0 Å². The van der Waals surface area contributed by atoms with Gasteiger partial charge in [-0.15, -0.1) is 0 Å². The zero-order valence-electron chi connectivity index (χ0n) is 11.1. The van der Waals surface area contributed by atoms with Crippen molar-refractivity contribution in [3.05, 3.63) is 28.8 Å². The van der Waals surface area contributed by atoms with Gasteiger partial charge in [0.05, 0.1) is 0 Å². The highest BCUT2D eigenvalue weighted by Gasteiger charge is 2.10. The molecule has 1 rings (SSSR count). The average molecular weight is 221 g/mol. The smallest absolute Gasteiger partial charge is 0.123 e. The van der Waals surface area contributed by atoms with Crippen LogP contribution in [0.25, 0.3) is 0 Å². The van der Waals surface area contributed by atoms with Crippen molar-refractivity contribution in [3.8, 4) is 5.75 Å². The van der Waals surface area contributed by atoms with Gasteiger partial charge in [0.1, 0.15) is 11.9 Å². The second kappa shape index (κ2) is 5.90. The van der Waals surface area contributed by atoms with E-state index in [0.29, 0.717) is 0 Å². The molecule has 90 valence electrons. The van der Waals surface area contributed by atoms with Crippen molar-refractivity contribution in [2.24, 2.45) is 0 Å². The summed E-state index contributed by atoms with van der Waals surface area (Å²) in [4.78, 5) is 0. The lowest BCUT2D eigenvalue weighted by atomic mass is 10.1. The SMILES string of the molecule is CCC(CNC)Oc1cc(C)cc(C)c1C. The molecule has 1 unspecified atom stereocenters. The summed E-state index contributed by atoms with van der Waals surface area (Å²) in [6, 6.07) is 4.32. The molecule has 1 aromatic rings. The molecule has 1 N–H and O–H groups in total. The number of rotatable bonds is 5. The van der Waals surface area contributed by atoms with E-state index in [1.807, 2.05) is 7.05 Å². The van der Waals surface area contributed by atoms with Crippen LogP contribution in [0, 0.1) is 20.8 Å². The first kappa shape index (κ1) is 13.0. The Hall–Kier alpha value is -1.02. The Bertz CT molecular complexity index is 347. The summed E-state index contributed by atoms with van der Waals surface area (Å²) in [5.41, 5.74) is 3.81. The second-order valence-electron chi connectivity index (χ2n) is 4.41. The highest BCUT2D eigenvalue weighted by Crippen LogP contribution is 2.24. The van der Waals surface area contributed by atoms with Gasteiger partial charge >= 0.3 is 0 Å². The van der Waals surface area contributed by atoms with Crippen molar-refractivity contribution in [1.82, 2.24) is 5.32 Å². The standard InChI is InChI=1S/C14H23NO/c1-6-13(9-15-5)16-14-8-10(2)7-11(3)12(14)4/h7-8,13,15H,6,9H2,1-5H3. The molecule has 0 amide bonds. The Kier molecular flexibility index (Phi) is 4.81. The first-order valence-corrected chi connectivity index (χ1v) is 5.97. The number of ether oxygens (including phenoxy) is 1. The highest BCUT2D eigenvalue weighted by molar-refractivity contribution is 5.42. The number of aryl methyl sites for hydroxylation is 2. The molecule has 0 aliphatic heterocycles. The van der Waals surface area contributed by atoms with E-state index in [1.165, 1.54) is 16.7 Å². The molecule has 0 bridgehead atoms. The van der Waals surface area contributed by atoms with Crippen LogP contribution in [0.2, 0.25) is 0 Å². The van der Waals surface area contributed by atoms with Crippen molar-refractivity contribution >= 4 is 0 Å². The van der Waals surface area contributed by atoms with Crippen molar-refractivity contribution in [2.45, 2.75) is 40.2 Å². The molecule has 0 radical (unpaired) electrons. The summed E-state index contributed by atoms with van der Waals surface area (Å²) in [5.74, 6) is 1.03. The summed E-state index contributed by atoms with van der Waals surface area (Å²) in [6.45, 7) is 9.41. The number of hydrogen-bond acceptors (Lipinski definition) is 2. The van der Waals surface area contributed by atoms with Crippen LogP contribution < -0.4 is 10.1 Å². The van der Waals surface area contributed by atoms with E-state index in [0.717, 1.165) is 18.7 Å². The number of likely N-dealkylation sites (N-methyl/N-ethyl adjacent to an activating group) is 1. The fourth-order valence-electron chi connectivity index (χ4n) is 1.80. The Morgan fingerprint density at radius 1 is 1.25 bits per heavy atom. The largest absolute Gasteiger partial charge is 0.489 e. The minimum absolute atomic E-state index is 0.255. The third kappa shape index (κ3) is 3.24. The first-order chi connectivity index (χ1) is 7.58. The first-order valence-electron chi connectivity index (χ1n) is 5.97. The molecule has 0 saturated heterocycles. The Labute approximate surface area is 99.0 Å². The Morgan fingerprint density at radius 3 is 2.50 bits per heavy atom. The summed E-state index contributed by atoms with van der Waals surface area (Å²) >= 11 is 0. The van der Waals surface area contributed by atoms with E-state index < -0.39 is 0 Å². The topological polar surface area (TPSA) is 21.3 Å². The van der Waals surface area contributed by atoms with Gasteiger partial charge < -0.3 is 10.1 Å². The molecular weight excluding hydrogens is 198 g/mol. The maximum absolute atomic E-state index is 6.03. The lowest BCUT2D eigenvalue weighted by molar-refractivity contribution is 0.195. The van der Waals surface area contributed by atoms with Gasteiger partial charge in [0.2, 0.25) is 0 Å². The van der Waals surface area contributed by atoms with Crippen LogP contribution in [0.3, 0.4) is 0 Å². The molecule has 0 aromatic heterocycles. The minimum Gasteiger partial charge on any atom is -0.489 e. The molecule has 1 atom stereocenters. The fourth-order valence-corrected chi connectivity index (χ4v) is 1.80. The molecular formula is C14H23NO. The predicted octanol–water partition coefficient (Wildman–Crippen LogP) is 2.99. The monoisotopic (exact) mass is 221 g/mol. The minimum atomic E-state index is 0.255. The van der Waals surface area contributed by atoms with Gasteiger partial charge in [-0.2, -0.15) is 0 Å². The van der Waals surface area contributed by atoms with Gasteiger partial charge in [-0.3, -0.25) is 0 Å². The molecule has 2 nitrogen and oxygen atoms in total. The second-order valence-corrected chi connectivity index (χ2v) is 4.41. The van der Waals surface area contributed by atoms with Gasteiger partial charge in [0, 0.05) is 6.54 Å². The third-order valence-electron chi connectivity index (χ3n) is 2.94. The van der Waals surface area contributed by atoms with E-state index in [2.05, 4.69) is 45.1 Å². The number of benzene rings is 1. The van der Waals surface area contributed by atoms with E-state index >= 15 is 0 Å². The Balaban J connectivity index is 2.87. The van der Waals surface area contributed by atoms with Crippen LogP contribution in [-0.4, -0.2) is 19.7 Å². The molecule has 2 heteroatoms. The zero-order valence-corrected chi connectivity index (χ0v) is 11.1.